The number of carboxylic acids is 1. The molecule has 6 N–H and O–H groups in total. The molecule has 32 heavy (non-hydrogen) atoms. The number of nitrogens with zero attached hydrogens (tertiary/aromatic N) is 1. The van der Waals surface area contributed by atoms with E-state index in [0.29, 0.717) is 17.0 Å². The first kappa shape index (κ1) is 22.7. The van der Waals surface area contributed by atoms with Crippen LogP contribution in [-0.2, 0) is 11.0 Å². The molecule has 168 valence electrons. The lowest BCUT2D eigenvalue weighted by Gasteiger charge is -2.11. The molecular formula is C18H13F4N5O4S. The topological polar surface area (TPSA) is 150 Å². The summed E-state index contributed by atoms with van der Waals surface area (Å²) in [4.78, 5) is 41.9. The van der Waals surface area contributed by atoms with Crippen molar-refractivity contribution in [3.05, 3.63) is 63.5 Å². The fraction of sp³-hybridized carbons (Fsp3) is 0.111. The molecule has 0 radical (unpaired) electrons. The van der Waals surface area contributed by atoms with Crippen LogP contribution in [0.15, 0.2) is 36.5 Å². The molecule has 0 bridgehead atoms. The summed E-state index contributed by atoms with van der Waals surface area (Å²) in [6.45, 7) is 0. The Kier molecular flexibility index (Phi) is 6.16. The van der Waals surface area contributed by atoms with E-state index >= 15 is 0 Å². The molecule has 1 aromatic carbocycles. The molecule has 0 aliphatic carbocycles. The van der Waals surface area contributed by atoms with E-state index < -0.39 is 41.4 Å². The van der Waals surface area contributed by atoms with Gasteiger partial charge < -0.3 is 21.1 Å². The number of aromatic amines is 1. The molecule has 0 aliphatic rings. The first-order valence-corrected chi connectivity index (χ1v) is 9.39. The normalized spacial score (nSPS) is 12.2. The molecule has 1 unspecified atom stereocenters. The average Bonchev–Trinajstić information content (AvgIpc) is 3.33. The van der Waals surface area contributed by atoms with Crippen molar-refractivity contribution in [2.75, 3.05) is 10.6 Å². The maximum atomic E-state index is 13.3. The number of alkyl halides is 3. The number of nitrogens with one attached hydrogen (secondary N) is 3. The van der Waals surface area contributed by atoms with Crippen LogP contribution < -0.4 is 16.4 Å². The number of amides is 3. The number of H-pyrrole nitrogens is 1. The van der Waals surface area contributed by atoms with Crippen LogP contribution in [0.25, 0.3) is 0 Å². The summed E-state index contributed by atoms with van der Waals surface area (Å²) in [5.41, 5.74) is 3.54. The number of urea groups is 1. The van der Waals surface area contributed by atoms with Gasteiger partial charge in [0, 0.05) is 10.6 Å². The molecule has 0 saturated heterocycles. The van der Waals surface area contributed by atoms with E-state index in [2.05, 4.69) is 20.6 Å². The van der Waals surface area contributed by atoms with Crippen molar-refractivity contribution in [3.8, 4) is 0 Å². The lowest BCUT2D eigenvalue weighted by molar-refractivity contribution is -0.140. The summed E-state index contributed by atoms with van der Waals surface area (Å²) in [6.07, 6.45) is -3.81. The average molecular weight is 471 g/mol. The zero-order valence-electron chi connectivity index (χ0n) is 15.7. The zero-order valence-corrected chi connectivity index (χ0v) is 16.5. The fourth-order valence-corrected chi connectivity index (χ4v) is 3.64. The summed E-state index contributed by atoms with van der Waals surface area (Å²) in [6, 6.07) is 3.68. The Labute approximate surface area is 180 Å². The highest BCUT2D eigenvalue weighted by atomic mass is 32.1. The van der Waals surface area contributed by atoms with Gasteiger partial charge in [-0.2, -0.15) is 13.2 Å². The number of benzene rings is 1. The Morgan fingerprint density at radius 3 is 2.47 bits per heavy atom. The first-order chi connectivity index (χ1) is 15.0. The SMILES string of the molecule is NC(=O)C(c1ncc(NC(=O)Nc2ccc(F)c(C(F)(F)F)c2)[nH]1)c1ccc(C(=O)O)s1. The lowest BCUT2D eigenvalue weighted by Crippen LogP contribution is -2.23. The van der Waals surface area contributed by atoms with Gasteiger partial charge in [0.1, 0.15) is 28.3 Å². The number of carbonyl (C=O) groups excluding carboxylic acids is 2. The number of carbonyl (C=O) groups is 3. The van der Waals surface area contributed by atoms with Gasteiger partial charge in [0.05, 0.1) is 11.8 Å². The van der Waals surface area contributed by atoms with Crippen LogP contribution in [0.5, 0.6) is 0 Å². The van der Waals surface area contributed by atoms with Gasteiger partial charge in [0.2, 0.25) is 5.91 Å². The number of imidazole rings is 1. The molecule has 0 spiro atoms. The van der Waals surface area contributed by atoms with Gasteiger partial charge >= 0.3 is 18.2 Å². The van der Waals surface area contributed by atoms with Crippen molar-refractivity contribution in [1.82, 2.24) is 9.97 Å². The number of aromatic carboxylic acids is 1. The number of halogens is 4. The second-order valence-corrected chi connectivity index (χ2v) is 7.41. The highest BCUT2D eigenvalue weighted by Crippen LogP contribution is 2.33. The van der Waals surface area contributed by atoms with E-state index in [-0.39, 0.29) is 22.2 Å². The summed E-state index contributed by atoms with van der Waals surface area (Å²) in [5, 5.41) is 13.4. The number of nitrogens with two attached hydrogens (primary N) is 1. The highest BCUT2D eigenvalue weighted by Gasteiger charge is 2.34. The predicted molar refractivity (Wildman–Crippen MR) is 105 cm³/mol. The number of primary amides is 1. The van der Waals surface area contributed by atoms with Gasteiger partial charge in [-0.3, -0.25) is 10.1 Å². The van der Waals surface area contributed by atoms with E-state index in [1.54, 1.807) is 0 Å². The third-order valence-electron chi connectivity index (χ3n) is 4.05. The van der Waals surface area contributed by atoms with Crippen molar-refractivity contribution in [1.29, 1.82) is 0 Å². The fourth-order valence-electron chi connectivity index (χ4n) is 2.68. The van der Waals surface area contributed by atoms with Crippen molar-refractivity contribution in [3.63, 3.8) is 0 Å². The Balaban J connectivity index is 1.74. The van der Waals surface area contributed by atoms with Crippen LogP contribution in [0, 0.1) is 5.82 Å². The second-order valence-electron chi connectivity index (χ2n) is 6.30. The van der Waals surface area contributed by atoms with E-state index in [0.717, 1.165) is 23.6 Å². The number of rotatable bonds is 6. The van der Waals surface area contributed by atoms with Crippen molar-refractivity contribution in [2.45, 2.75) is 12.1 Å². The van der Waals surface area contributed by atoms with Crippen LogP contribution in [-0.4, -0.2) is 33.0 Å². The largest absolute Gasteiger partial charge is 0.477 e. The summed E-state index contributed by atoms with van der Waals surface area (Å²) < 4.78 is 51.7. The third-order valence-corrected chi connectivity index (χ3v) is 5.19. The molecule has 14 heteroatoms. The van der Waals surface area contributed by atoms with Crippen LogP contribution in [0.2, 0.25) is 0 Å². The Morgan fingerprint density at radius 2 is 1.88 bits per heavy atom. The van der Waals surface area contributed by atoms with Gasteiger partial charge in [0.25, 0.3) is 0 Å². The maximum absolute atomic E-state index is 13.3. The number of carboxylic acid groups (broad SMARTS) is 1. The molecule has 3 amide bonds. The molecule has 9 nitrogen and oxygen atoms in total. The van der Waals surface area contributed by atoms with Crippen LogP contribution >= 0.6 is 11.3 Å². The van der Waals surface area contributed by atoms with Crippen LogP contribution in [0.1, 0.15) is 31.9 Å². The standard InChI is InChI=1S/C18H13F4N5O4S/c19-9-2-1-7(5-8(9)18(20,21)22)25-17(31)27-12-6-24-15(26-12)13(14(23)28)10-3-4-11(32-10)16(29)30/h1-6,13H,(H2,23,28)(H,24,26)(H,29,30)(H2,25,27,31). The molecule has 3 aromatic rings. The van der Waals surface area contributed by atoms with E-state index in [9.17, 15) is 31.9 Å². The Bertz CT molecular complexity index is 1190. The van der Waals surface area contributed by atoms with Gasteiger partial charge in [-0.25, -0.2) is 19.0 Å². The summed E-state index contributed by atoms with van der Waals surface area (Å²) >= 11 is 0.819. The van der Waals surface area contributed by atoms with Crippen molar-refractivity contribution >= 4 is 40.7 Å². The summed E-state index contributed by atoms with van der Waals surface area (Å²) in [7, 11) is 0. The van der Waals surface area contributed by atoms with Crippen molar-refractivity contribution in [2.24, 2.45) is 5.73 Å². The molecule has 3 rings (SSSR count). The van der Waals surface area contributed by atoms with E-state index in [1.807, 2.05) is 0 Å². The van der Waals surface area contributed by atoms with E-state index in [1.165, 1.54) is 12.1 Å². The van der Waals surface area contributed by atoms with Gasteiger partial charge in [0.15, 0.2) is 0 Å². The van der Waals surface area contributed by atoms with Crippen LogP contribution in [0.4, 0.5) is 33.9 Å². The van der Waals surface area contributed by atoms with Crippen LogP contribution in [0.3, 0.4) is 0 Å². The Hall–Kier alpha value is -3.94. The third kappa shape index (κ3) is 5.03. The Morgan fingerprint density at radius 1 is 1.16 bits per heavy atom. The minimum Gasteiger partial charge on any atom is -0.477 e. The number of hydrogen-bond donors (Lipinski definition) is 5. The minimum atomic E-state index is -4.94. The molecule has 0 aliphatic heterocycles. The van der Waals surface area contributed by atoms with E-state index in [4.69, 9.17) is 10.8 Å². The van der Waals surface area contributed by atoms with Gasteiger partial charge in [-0.05, 0) is 30.3 Å². The number of thiophene rings is 1. The monoisotopic (exact) mass is 471 g/mol. The summed E-state index contributed by atoms with van der Waals surface area (Å²) in [5.74, 6) is -4.65. The minimum absolute atomic E-state index is 0.00716. The smallest absolute Gasteiger partial charge is 0.419 e. The highest BCUT2D eigenvalue weighted by molar-refractivity contribution is 7.14. The quantitative estimate of drug-likeness (QED) is 0.348. The molecular weight excluding hydrogens is 458 g/mol. The molecule has 2 heterocycles. The maximum Gasteiger partial charge on any atom is 0.419 e. The second kappa shape index (κ2) is 8.66. The van der Waals surface area contributed by atoms with Gasteiger partial charge in [-0.15, -0.1) is 11.3 Å². The molecule has 0 fully saturated rings. The zero-order chi connectivity index (χ0) is 23.6. The number of hydrogen-bond acceptors (Lipinski definition) is 5. The molecule has 1 atom stereocenters. The first-order valence-electron chi connectivity index (χ1n) is 8.57. The lowest BCUT2D eigenvalue weighted by atomic mass is 10.1. The predicted octanol–water partition coefficient (Wildman–Crippen LogP) is 3.59. The molecule has 0 saturated carbocycles. The molecule has 2 aromatic heterocycles. The van der Waals surface area contributed by atoms with Crippen molar-refractivity contribution < 1.29 is 37.1 Å². The number of aromatic nitrogens is 2. The van der Waals surface area contributed by atoms with Gasteiger partial charge in [-0.1, -0.05) is 0 Å². The number of anilines is 2.